The smallest absolute Gasteiger partial charge is 0.267 e. The second-order valence-corrected chi connectivity index (χ2v) is 7.81. The van der Waals surface area contributed by atoms with Crippen LogP contribution in [0.2, 0.25) is 0 Å². The van der Waals surface area contributed by atoms with E-state index >= 15 is 0 Å². The largest absolute Gasteiger partial charge is 0.351 e. The Bertz CT molecular complexity index is 1260. The summed E-state index contributed by atoms with van der Waals surface area (Å²) in [6.45, 7) is 5.51. The van der Waals surface area contributed by atoms with Crippen LogP contribution in [0.4, 0.5) is 0 Å². The number of fused-ring (bicyclic) bond motifs is 3. The second kappa shape index (κ2) is 9.18. The summed E-state index contributed by atoms with van der Waals surface area (Å²) in [6, 6.07) is 19.7. The molecule has 2 aromatic carbocycles. The second-order valence-electron chi connectivity index (χ2n) is 7.81. The number of rotatable bonds is 8. The molecule has 160 valence electrons. The molecule has 0 aliphatic rings. The highest BCUT2D eigenvalue weighted by Crippen LogP contribution is 2.23. The first-order valence-electron chi connectivity index (χ1n) is 10.7. The molecule has 0 saturated heterocycles. The molecule has 1 amide bonds. The van der Waals surface area contributed by atoms with Crippen molar-refractivity contribution in [1.29, 1.82) is 0 Å². The molecule has 6 nitrogen and oxygen atoms in total. The van der Waals surface area contributed by atoms with E-state index in [0.29, 0.717) is 17.6 Å². The highest BCUT2D eigenvalue weighted by atomic mass is 16.2. The summed E-state index contributed by atoms with van der Waals surface area (Å²) in [6.07, 6.45) is 0.861. The average molecular weight is 417 g/mol. The fraction of sp³-hybridized carbons (Fsp3) is 0.280. The summed E-state index contributed by atoms with van der Waals surface area (Å²) in [5.41, 5.74) is 3.16. The van der Waals surface area contributed by atoms with Crippen LogP contribution in [0.15, 0.2) is 65.5 Å². The van der Waals surface area contributed by atoms with Crippen LogP contribution in [0.25, 0.3) is 21.8 Å². The summed E-state index contributed by atoms with van der Waals surface area (Å²) in [7, 11) is 1.84. The maximum atomic E-state index is 12.8. The zero-order valence-corrected chi connectivity index (χ0v) is 18.0. The fourth-order valence-corrected chi connectivity index (χ4v) is 4.09. The van der Waals surface area contributed by atoms with E-state index in [0.717, 1.165) is 42.5 Å². The Morgan fingerprint density at radius 1 is 1.06 bits per heavy atom. The predicted octanol–water partition coefficient (Wildman–Crippen LogP) is 3.66. The molecule has 0 unspecified atom stereocenters. The number of hydrogen-bond acceptors (Lipinski definition) is 3. The minimum Gasteiger partial charge on any atom is -0.351 e. The molecule has 2 aromatic heterocycles. The monoisotopic (exact) mass is 416 g/mol. The van der Waals surface area contributed by atoms with Gasteiger partial charge in [0, 0.05) is 32.1 Å². The maximum Gasteiger partial charge on any atom is 0.267 e. The van der Waals surface area contributed by atoms with Gasteiger partial charge in [-0.3, -0.25) is 14.5 Å². The van der Waals surface area contributed by atoms with Crippen molar-refractivity contribution >= 4 is 27.7 Å². The number of aromatic nitrogens is 2. The van der Waals surface area contributed by atoms with Crippen LogP contribution in [-0.4, -0.2) is 40.0 Å². The molecule has 0 atom stereocenters. The van der Waals surface area contributed by atoms with Crippen molar-refractivity contribution in [2.24, 2.45) is 7.05 Å². The molecule has 6 heteroatoms. The van der Waals surface area contributed by atoms with Gasteiger partial charge in [-0.05, 0) is 30.7 Å². The van der Waals surface area contributed by atoms with Crippen molar-refractivity contribution in [3.05, 3.63) is 82.3 Å². The number of hydrogen-bond donors (Lipinski definition) is 2. The molecule has 0 aliphatic carbocycles. The average Bonchev–Trinajstić information content (AvgIpc) is 3.15. The van der Waals surface area contributed by atoms with Gasteiger partial charge in [-0.15, -0.1) is 0 Å². The molecule has 2 N–H and O–H groups in total. The maximum absolute atomic E-state index is 12.8. The number of carbonyl (C=O) groups excluding carboxylic acids is 1. The zero-order chi connectivity index (χ0) is 21.8. The lowest BCUT2D eigenvalue weighted by Gasteiger charge is -2.20. The molecular weight excluding hydrogens is 388 g/mol. The highest BCUT2D eigenvalue weighted by Gasteiger charge is 2.17. The van der Waals surface area contributed by atoms with Crippen LogP contribution >= 0.6 is 0 Å². The third-order valence-electron chi connectivity index (χ3n) is 5.77. The van der Waals surface area contributed by atoms with E-state index < -0.39 is 0 Å². The van der Waals surface area contributed by atoms with E-state index in [1.54, 1.807) is 6.07 Å². The summed E-state index contributed by atoms with van der Waals surface area (Å²) in [5.74, 6) is -0.159. The van der Waals surface area contributed by atoms with Gasteiger partial charge in [0.1, 0.15) is 5.69 Å². The minimum atomic E-state index is -0.178. The topological polar surface area (TPSA) is 70.1 Å². The van der Waals surface area contributed by atoms with Gasteiger partial charge in [-0.2, -0.15) is 0 Å². The van der Waals surface area contributed by atoms with Gasteiger partial charge in [0.15, 0.2) is 0 Å². The van der Waals surface area contributed by atoms with Crippen molar-refractivity contribution in [3.8, 4) is 0 Å². The van der Waals surface area contributed by atoms with Gasteiger partial charge in [0.2, 0.25) is 0 Å². The Hall–Kier alpha value is -3.38. The molecule has 0 radical (unpaired) electrons. The van der Waals surface area contributed by atoms with E-state index in [2.05, 4.69) is 46.4 Å². The number of carbonyl (C=O) groups is 1. The van der Waals surface area contributed by atoms with Gasteiger partial charge >= 0.3 is 0 Å². The van der Waals surface area contributed by atoms with Crippen LogP contribution < -0.4 is 10.9 Å². The number of para-hydroxylation sites is 1. The van der Waals surface area contributed by atoms with Crippen LogP contribution in [-0.2, 0) is 13.6 Å². The fourth-order valence-electron chi connectivity index (χ4n) is 4.09. The first-order chi connectivity index (χ1) is 15.1. The van der Waals surface area contributed by atoms with Crippen LogP contribution in [0.1, 0.15) is 29.4 Å². The van der Waals surface area contributed by atoms with E-state index in [1.165, 1.54) is 5.56 Å². The van der Waals surface area contributed by atoms with E-state index in [1.807, 2.05) is 41.9 Å². The van der Waals surface area contributed by atoms with Crippen molar-refractivity contribution in [3.63, 3.8) is 0 Å². The Morgan fingerprint density at radius 2 is 1.81 bits per heavy atom. The molecule has 0 spiro atoms. The molecule has 0 saturated carbocycles. The van der Waals surface area contributed by atoms with Gasteiger partial charge in [0.25, 0.3) is 11.5 Å². The number of H-pyrrole nitrogens is 1. The molecule has 0 aliphatic heterocycles. The Kier molecular flexibility index (Phi) is 6.18. The molecule has 4 aromatic rings. The number of benzene rings is 2. The summed E-state index contributed by atoms with van der Waals surface area (Å²) in [5, 5.41) is 4.48. The first kappa shape index (κ1) is 20.9. The Morgan fingerprint density at radius 3 is 2.58 bits per heavy atom. The molecular formula is C25H28N4O2. The first-order valence-corrected chi connectivity index (χ1v) is 10.7. The van der Waals surface area contributed by atoms with Crippen molar-refractivity contribution < 1.29 is 4.79 Å². The van der Waals surface area contributed by atoms with Gasteiger partial charge < -0.3 is 14.9 Å². The van der Waals surface area contributed by atoms with Crippen molar-refractivity contribution in [2.75, 3.05) is 19.6 Å². The van der Waals surface area contributed by atoms with Crippen molar-refractivity contribution in [2.45, 2.75) is 19.9 Å². The molecule has 0 bridgehead atoms. The standard InChI is InChI=1S/C25H28N4O2/c1-3-29(17-18-10-5-4-6-11-18)15-9-14-26-25(31)22-16-20-23(28(22)2)19-12-7-8-13-21(19)27-24(20)30/h4-8,10-13,16H,3,9,14-15,17H2,1-2H3,(H,26,31)(H,27,30). The molecule has 0 fully saturated rings. The van der Waals surface area contributed by atoms with Gasteiger partial charge in [-0.25, -0.2) is 0 Å². The summed E-state index contributed by atoms with van der Waals surface area (Å²) in [4.78, 5) is 30.6. The van der Waals surface area contributed by atoms with Gasteiger partial charge in [-0.1, -0.05) is 55.5 Å². The SMILES string of the molecule is CCN(CCCNC(=O)c1cc2c(=O)[nH]c3ccccc3c2n1C)Cc1ccccc1. The molecule has 4 rings (SSSR count). The van der Waals surface area contributed by atoms with E-state index in [-0.39, 0.29) is 11.5 Å². The lowest BCUT2D eigenvalue weighted by Crippen LogP contribution is -2.30. The third-order valence-corrected chi connectivity index (χ3v) is 5.77. The highest BCUT2D eigenvalue weighted by molar-refractivity contribution is 6.07. The Labute approximate surface area is 181 Å². The third kappa shape index (κ3) is 4.39. The van der Waals surface area contributed by atoms with Crippen molar-refractivity contribution in [1.82, 2.24) is 19.8 Å². The van der Waals surface area contributed by atoms with E-state index in [9.17, 15) is 9.59 Å². The number of nitrogens with zero attached hydrogens (tertiary/aromatic N) is 2. The van der Waals surface area contributed by atoms with Gasteiger partial charge in [0.05, 0.1) is 16.4 Å². The van der Waals surface area contributed by atoms with E-state index in [4.69, 9.17) is 0 Å². The number of aryl methyl sites for hydroxylation is 1. The number of aromatic amines is 1. The molecule has 31 heavy (non-hydrogen) atoms. The van der Waals surface area contributed by atoms with Crippen LogP contribution in [0.3, 0.4) is 0 Å². The quantitative estimate of drug-likeness (QED) is 0.431. The Balaban J connectivity index is 1.42. The number of nitrogens with one attached hydrogen (secondary N) is 2. The normalized spacial score (nSPS) is 11.5. The minimum absolute atomic E-state index is 0.159. The lowest BCUT2D eigenvalue weighted by molar-refractivity contribution is 0.0944. The number of amides is 1. The summed E-state index contributed by atoms with van der Waals surface area (Å²) < 4.78 is 1.82. The lowest BCUT2D eigenvalue weighted by atomic mass is 10.1. The molecule has 2 heterocycles. The zero-order valence-electron chi connectivity index (χ0n) is 18.0. The van der Waals surface area contributed by atoms with Crippen LogP contribution in [0, 0.1) is 0 Å². The summed E-state index contributed by atoms with van der Waals surface area (Å²) >= 11 is 0. The van der Waals surface area contributed by atoms with Crippen LogP contribution in [0.5, 0.6) is 0 Å². The predicted molar refractivity (Wildman–Crippen MR) is 125 cm³/mol. The number of pyridine rings is 1.